The summed E-state index contributed by atoms with van der Waals surface area (Å²) in [5, 5.41) is 0.402. The van der Waals surface area contributed by atoms with E-state index in [1.54, 1.807) is 22.8 Å². The van der Waals surface area contributed by atoms with Gasteiger partial charge in [0.2, 0.25) is 0 Å². The maximum absolute atomic E-state index is 13.5. The van der Waals surface area contributed by atoms with E-state index in [0.717, 1.165) is 52.6 Å². The van der Waals surface area contributed by atoms with Gasteiger partial charge in [-0.3, -0.25) is 9.36 Å². The number of aromatic nitrogens is 2. The third kappa shape index (κ3) is 4.24. The van der Waals surface area contributed by atoms with E-state index in [-0.39, 0.29) is 10.9 Å². The topological polar surface area (TPSA) is 64.4 Å². The first-order chi connectivity index (χ1) is 14.1. The Morgan fingerprint density at radius 3 is 2.86 bits per heavy atom. The Balaban J connectivity index is 1.79. The second kappa shape index (κ2) is 8.69. The van der Waals surface area contributed by atoms with Gasteiger partial charge in [0.05, 0.1) is 24.3 Å². The molecule has 0 saturated carbocycles. The van der Waals surface area contributed by atoms with Gasteiger partial charge in [0.15, 0.2) is 0 Å². The van der Waals surface area contributed by atoms with Gasteiger partial charge in [-0.15, -0.1) is 11.3 Å². The summed E-state index contributed by atoms with van der Waals surface area (Å²) >= 11 is 2.64. The number of hydrogen-bond acceptors (Lipinski definition) is 7. The molecule has 152 valence electrons. The average molecular weight is 430 g/mol. The van der Waals surface area contributed by atoms with Gasteiger partial charge in [-0.2, -0.15) is 0 Å². The predicted molar refractivity (Wildman–Crippen MR) is 118 cm³/mol. The molecule has 0 atom stereocenters. The highest BCUT2D eigenvalue weighted by molar-refractivity contribution is 8.12. The second-order valence-electron chi connectivity index (χ2n) is 7.05. The second-order valence-corrected chi connectivity index (χ2v) is 9.04. The number of rotatable bonds is 5. The molecule has 8 heteroatoms. The molecule has 6 nitrogen and oxygen atoms in total. The van der Waals surface area contributed by atoms with Gasteiger partial charge in [0, 0.05) is 18.0 Å². The molecule has 0 aliphatic carbocycles. The number of carbonyl (C=O) groups excluding carboxylic acids is 1. The van der Waals surface area contributed by atoms with Crippen molar-refractivity contribution in [3.05, 3.63) is 62.5 Å². The molecule has 0 bridgehead atoms. The number of thiophene rings is 1. The molecular formula is C21H23N3O3S2. The minimum absolute atomic E-state index is 0.0136. The monoisotopic (exact) mass is 429 g/mol. The van der Waals surface area contributed by atoms with E-state index in [1.165, 1.54) is 4.88 Å². The first-order valence-corrected chi connectivity index (χ1v) is 11.4. The molecule has 29 heavy (non-hydrogen) atoms. The van der Waals surface area contributed by atoms with Gasteiger partial charge in [0.1, 0.15) is 10.7 Å². The molecule has 0 saturated heterocycles. The summed E-state index contributed by atoms with van der Waals surface area (Å²) in [5.74, 6) is 0.913. The van der Waals surface area contributed by atoms with E-state index in [2.05, 4.69) is 11.9 Å². The van der Waals surface area contributed by atoms with Gasteiger partial charge in [0.25, 0.3) is 5.56 Å². The van der Waals surface area contributed by atoms with Crippen LogP contribution in [0.25, 0.3) is 10.2 Å². The van der Waals surface area contributed by atoms with Crippen LogP contribution in [0.1, 0.15) is 28.8 Å². The van der Waals surface area contributed by atoms with Crippen LogP contribution in [0.5, 0.6) is 0 Å². The van der Waals surface area contributed by atoms with Crippen molar-refractivity contribution in [1.82, 2.24) is 14.5 Å². The average Bonchev–Trinajstić information content (AvgIpc) is 3.07. The number of hydrogen-bond donors (Lipinski definition) is 0. The smallest absolute Gasteiger partial charge is 0.367 e. The van der Waals surface area contributed by atoms with Crippen molar-refractivity contribution >= 4 is 38.6 Å². The van der Waals surface area contributed by atoms with Crippen molar-refractivity contribution in [2.75, 3.05) is 20.2 Å². The zero-order valence-electron chi connectivity index (χ0n) is 16.5. The molecule has 1 aliphatic heterocycles. The number of nitrogens with zero attached hydrogens (tertiary/aromatic N) is 3. The van der Waals surface area contributed by atoms with Gasteiger partial charge < -0.3 is 9.64 Å². The Morgan fingerprint density at radius 1 is 1.31 bits per heavy atom. The van der Waals surface area contributed by atoms with Crippen LogP contribution in [0, 0.1) is 0 Å². The van der Waals surface area contributed by atoms with Crippen molar-refractivity contribution in [2.45, 2.75) is 32.2 Å². The summed E-state index contributed by atoms with van der Waals surface area (Å²) in [7, 11) is 2.09. The third-order valence-electron chi connectivity index (χ3n) is 5.00. The standard InChI is InChI=1S/C21H23N3O3S2/c1-3-27-21(26)28-13-17-22-19-18(15-9-10-23(2)12-16(15)29-19)20(25)24(17)11-14-7-5-4-6-8-14/h4-8H,3,9-13H2,1-2H3. The fourth-order valence-corrected chi connectivity index (χ4v) is 5.55. The zero-order chi connectivity index (χ0) is 20.4. The maximum atomic E-state index is 13.5. The Kier molecular flexibility index (Phi) is 6.03. The SMILES string of the molecule is CCOC(=O)SCc1nc2sc3c(c2c(=O)n1Cc1ccccc1)CCN(C)C3. The van der Waals surface area contributed by atoms with Gasteiger partial charge in [-0.1, -0.05) is 30.3 Å². The molecule has 3 heterocycles. The maximum Gasteiger partial charge on any atom is 0.367 e. The first-order valence-electron chi connectivity index (χ1n) is 9.62. The molecule has 0 N–H and O–H groups in total. The van der Waals surface area contributed by atoms with Crippen LogP contribution in [0.3, 0.4) is 0 Å². The largest absolute Gasteiger partial charge is 0.458 e. The van der Waals surface area contributed by atoms with Gasteiger partial charge in [-0.25, -0.2) is 9.78 Å². The molecule has 2 aromatic heterocycles. The highest BCUT2D eigenvalue weighted by Crippen LogP contribution is 2.32. The zero-order valence-corrected chi connectivity index (χ0v) is 18.1. The van der Waals surface area contributed by atoms with Crippen LogP contribution in [-0.4, -0.2) is 40.0 Å². The third-order valence-corrected chi connectivity index (χ3v) is 6.86. The lowest BCUT2D eigenvalue weighted by Crippen LogP contribution is -2.28. The molecule has 0 unspecified atom stereocenters. The normalized spacial score (nSPS) is 14.1. The van der Waals surface area contributed by atoms with Gasteiger partial charge in [-0.05, 0) is 43.3 Å². The van der Waals surface area contributed by atoms with Crippen molar-refractivity contribution in [3.63, 3.8) is 0 Å². The predicted octanol–water partition coefficient (Wildman–Crippen LogP) is 3.88. The van der Waals surface area contributed by atoms with Crippen LogP contribution >= 0.6 is 23.1 Å². The van der Waals surface area contributed by atoms with Crippen molar-refractivity contribution in [1.29, 1.82) is 0 Å². The quantitative estimate of drug-likeness (QED) is 0.574. The molecule has 0 spiro atoms. The van der Waals surface area contributed by atoms with E-state index < -0.39 is 0 Å². The van der Waals surface area contributed by atoms with E-state index in [4.69, 9.17) is 9.72 Å². The highest BCUT2D eigenvalue weighted by atomic mass is 32.2. The van der Waals surface area contributed by atoms with Crippen LogP contribution in [-0.2, 0) is 30.0 Å². The lowest BCUT2D eigenvalue weighted by molar-refractivity contribution is 0.181. The Bertz CT molecular complexity index is 1090. The minimum Gasteiger partial charge on any atom is -0.458 e. The molecule has 1 aliphatic rings. The number of fused-ring (bicyclic) bond motifs is 3. The summed E-state index contributed by atoms with van der Waals surface area (Å²) in [6.45, 7) is 4.34. The Morgan fingerprint density at radius 2 is 2.10 bits per heavy atom. The fourth-order valence-electron chi connectivity index (χ4n) is 3.57. The molecule has 4 rings (SSSR count). The van der Waals surface area contributed by atoms with E-state index >= 15 is 0 Å². The number of thioether (sulfide) groups is 1. The first kappa shape index (κ1) is 20.1. The van der Waals surface area contributed by atoms with Crippen molar-refractivity contribution < 1.29 is 9.53 Å². The van der Waals surface area contributed by atoms with E-state index in [0.29, 0.717) is 24.7 Å². The van der Waals surface area contributed by atoms with Crippen LogP contribution in [0.4, 0.5) is 4.79 Å². The lowest BCUT2D eigenvalue weighted by atomic mass is 10.1. The summed E-state index contributed by atoms with van der Waals surface area (Å²) < 4.78 is 6.74. The van der Waals surface area contributed by atoms with Crippen molar-refractivity contribution in [2.24, 2.45) is 0 Å². The van der Waals surface area contributed by atoms with Crippen LogP contribution in [0.15, 0.2) is 35.1 Å². The Labute approximate surface area is 177 Å². The Hall–Kier alpha value is -2.16. The number of likely N-dealkylation sites (N-methyl/N-ethyl adjacent to an activating group) is 1. The molecule has 3 aromatic rings. The number of ether oxygens (including phenoxy) is 1. The molecule has 1 aromatic carbocycles. The number of carbonyl (C=O) groups is 1. The van der Waals surface area contributed by atoms with Crippen LogP contribution < -0.4 is 5.56 Å². The summed E-state index contributed by atoms with van der Waals surface area (Å²) in [4.78, 5) is 34.5. The molecule has 0 radical (unpaired) electrons. The fraction of sp³-hybridized carbons (Fsp3) is 0.381. The van der Waals surface area contributed by atoms with E-state index in [9.17, 15) is 9.59 Å². The molecule has 0 amide bonds. The summed E-state index contributed by atoms with van der Waals surface area (Å²) in [6.07, 6.45) is 0.866. The lowest BCUT2D eigenvalue weighted by Gasteiger charge is -2.21. The van der Waals surface area contributed by atoms with Crippen LogP contribution in [0.2, 0.25) is 0 Å². The molecule has 0 fully saturated rings. The summed E-state index contributed by atoms with van der Waals surface area (Å²) in [6, 6.07) is 9.87. The highest BCUT2D eigenvalue weighted by Gasteiger charge is 2.24. The van der Waals surface area contributed by atoms with Crippen molar-refractivity contribution in [3.8, 4) is 0 Å². The molecular weight excluding hydrogens is 406 g/mol. The summed E-state index contributed by atoms with van der Waals surface area (Å²) in [5.41, 5.74) is 2.16. The van der Waals surface area contributed by atoms with Gasteiger partial charge >= 0.3 is 5.30 Å². The number of benzene rings is 1. The van der Waals surface area contributed by atoms with E-state index in [1.807, 2.05) is 30.3 Å². The minimum atomic E-state index is -0.347.